The van der Waals surface area contributed by atoms with Gasteiger partial charge in [0.15, 0.2) is 5.76 Å². The van der Waals surface area contributed by atoms with E-state index >= 15 is 0 Å². The molecule has 1 aliphatic rings. The summed E-state index contributed by atoms with van der Waals surface area (Å²) in [5.41, 5.74) is 3.11. The summed E-state index contributed by atoms with van der Waals surface area (Å²) in [4.78, 5) is 30.0. The Morgan fingerprint density at radius 3 is 2.52 bits per heavy atom. The first-order chi connectivity index (χ1) is 11.0. The molecule has 5 heteroatoms. The lowest BCUT2D eigenvalue weighted by Gasteiger charge is -2.14. The Bertz CT molecular complexity index is 825. The molecule has 1 aliphatic heterocycles. The third-order valence-corrected chi connectivity index (χ3v) is 3.84. The summed E-state index contributed by atoms with van der Waals surface area (Å²) in [6, 6.07) is 10.8. The van der Waals surface area contributed by atoms with Crippen molar-refractivity contribution in [2.75, 3.05) is 0 Å². The van der Waals surface area contributed by atoms with E-state index in [9.17, 15) is 14.7 Å². The quantitative estimate of drug-likeness (QED) is 0.885. The molecule has 5 nitrogen and oxygen atoms in total. The zero-order valence-electron chi connectivity index (χ0n) is 12.9. The summed E-state index contributed by atoms with van der Waals surface area (Å²) < 4.78 is 0. The molecule has 1 N–H and O–H groups in total. The zero-order valence-corrected chi connectivity index (χ0v) is 12.9. The molecule has 0 radical (unpaired) electrons. The minimum Gasteiger partial charge on any atom is -0.502 e. The average molecular weight is 308 g/mol. The number of rotatable bonds is 3. The summed E-state index contributed by atoms with van der Waals surface area (Å²) in [5, 5.41) is 10.2. The topological polar surface area (TPSA) is 70.5 Å². The number of hydrogen-bond acceptors (Lipinski definition) is 4. The molecular formula is C18H16N2O3. The van der Waals surface area contributed by atoms with E-state index < -0.39 is 17.6 Å². The fourth-order valence-electron chi connectivity index (χ4n) is 2.70. The highest BCUT2D eigenvalue weighted by Gasteiger charge is 2.39. The zero-order chi connectivity index (χ0) is 16.6. The molecule has 2 heterocycles. The monoisotopic (exact) mass is 308 g/mol. The van der Waals surface area contributed by atoms with Crippen LogP contribution in [-0.4, -0.2) is 26.8 Å². The molecule has 0 atom stereocenters. The van der Waals surface area contributed by atoms with Crippen molar-refractivity contribution in [2.45, 2.75) is 20.4 Å². The summed E-state index contributed by atoms with van der Waals surface area (Å²) in [7, 11) is 0. The number of aryl methyl sites for hydroxylation is 2. The van der Waals surface area contributed by atoms with E-state index in [0.29, 0.717) is 11.3 Å². The van der Waals surface area contributed by atoms with Crippen molar-refractivity contribution in [2.24, 2.45) is 0 Å². The molecule has 0 unspecified atom stereocenters. The second-order valence-electron chi connectivity index (χ2n) is 5.56. The van der Waals surface area contributed by atoms with Crippen molar-refractivity contribution in [1.29, 1.82) is 0 Å². The third-order valence-electron chi connectivity index (χ3n) is 3.84. The van der Waals surface area contributed by atoms with Gasteiger partial charge in [-0.05, 0) is 37.1 Å². The number of benzene rings is 1. The maximum atomic E-state index is 12.6. The van der Waals surface area contributed by atoms with Crippen LogP contribution in [0.1, 0.15) is 22.4 Å². The summed E-state index contributed by atoms with van der Waals surface area (Å²) in [6.45, 7) is 3.83. The Labute approximate surface area is 133 Å². The largest absolute Gasteiger partial charge is 0.502 e. The first kappa shape index (κ1) is 15.0. The number of pyridine rings is 1. The van der Waals surface area contributed by atoms with Crippen LogP contribution in [0.2, 0.25) is 0 Å². The second kappa shape index (κ2) is 5.68. The lowest BCUT2D eigenvalue weighted by atomic mass is 9.98. The minimum atomic E-state index is -0.685. The van der Waals surface area contributed by atoms with Gasteiger partial charge in [-0.2, -0.15) is 0 Å². The van der Waals surface area contributed by atoms with Gasteiger partial charge in [0.1, 0.15) is 0 Å². The van der Waals surface area contributed by atoms with Gasteiger partial charge in [0.05, 0.1) is 17.8 Å². The van der Waals surface area contributed by atoms with Crippen LogP contribution in [0.3, 0.4) is 0 Å². The molecule has 2 aromatic rings. The summed E-state index contributed by atoms with van der Waals surface area (Å²) in [5.74, 6) is -1.68. The van der Waals surface area contributed by atoms with Gasteiger partial charge in [-0.15, -0.1) is 0 Å². The van der Waals surface area contributed by atoms with Gasteiger partial charge in [0.25, 0.3) is 11.8 Å². The van der Waals surface area contributed by atoms with Crippen LogP contribution in [-0.2, 0) is 16.1 Å². The van der Waals surface area contributed by atoms with Gasteiger partial charge < -0.3 is 5.11 Å². The molecular weight excluding hydrogens is 292 g/mol. The van der Waals surface area contributed by atoms with Crippen molar-refractivity contribution in [1.82, 2.24) is 9.88 Å². The van der Waals surface area contributed by atoms with Gasteiger partial charge in [-0.3, -0.25) is 19.5 Å². The number of aliphatic hydroxyl groups is 1. The summed E-state index contributed by atoms with van der Waals surface area (Å²) >= 11 is 0. The molecule has 0 saturated carbocycles. The molecule has 3 rings (SSSR count). The number of amides is 2. The molecule has 2 amide bonds. The van der Waals surface area contributed by atoms with Crippen molar-refractivity contribution >= 4 is 17.4 Å². The number of aromatic nitrogens is 1. The van der Waals surface area contributed by atoms with Crippen LogP contribution in [0.4, 0.5) is 0 Å². The average Bonchev–Trinajstić information content (AvgIpc) is 2.73. The van der Waals surface area contributed by atoms with E-state index in [4.69, 9.17) is 0 Å². The normalized spacial score (nSPS) is 14.8. The van der Waals surface area contributed by atoms with Crippen molar-refractivity contribution in [3.8, 4) is 0 Å². The highest BCUT2D eigenvalue weighted by molar-refractivity contribution is 6.35. The van der Waals surface area contributed by atoms with Crippen LogP contribution < -0.4 is 0 Å². The Hall–Kier alpha value is -2.95. The maximum absolute atomic E-state index is 12.6. The van der Waals surface area contributed by atoms with Crippen LogP contribution in [0.25, 0.3) is 5.57 Å². The van der Waals surface area contributed by atoms with Gasteiger partial charge >= 0.3 is 0 Å². The van der Waals surface area contributed by atoms with E-state index in [-0.39, 0.29) is 12.1 Å². The third kappa shape index (κ3) is 2.61. The fourth-order valence-corrected chi connectivity index (χ4v) is 2.70. The first-order valence-electron chi connectivity index (χ1n) is 7.26. The fraction of sp³-hybridized carbons (Fsp3) is 0.167. The number of aliphatic hydroxyl groups excluding tert-OH is 1. The number of carbonyl (C=O) groups is 2. The van der Waals surface area contributed by atoms with E-state index in [1.165, 1.54) is 0 Å². The predicted molar refractivity (Wildman–Crippen MR) is 85.3 cm³/mol. The van der Waals surface area contributed by atoms with Gasteiger partial charge in [0, 0.05) is 6.20 Å². The van der Waals surface area contributed by atoms with Crippen molar-refractivity contribution in [3.05, 3.63) is 70.7 Å². The lowest BCUT2D eigenvalue weighted by Crippen LogP contribution is -2.31. The Morgan fingerprint density at radius 2 is 1.87 bits per heavy atom. The van der Waals surface area contributed by atoms with Crippen molar-refractivity contribution in [3.63, 3.8) is 0 Å². The molecule has 1 aromatic heterocycles. The van der Waals surface area contributed by atoms with Gasteiger partial charge in [0.2, 0.25) is 0 Å². The summed E-state index contributed by atoms with van der Waals surface area (Å²) in [6.07, 6.45) is 1.60. The van der Waals surface area contributed by atoms with E-state index in [2.05, 4.69) is 4.98 Å². The number of nitrogens with zero attached hydrogens (tertiary/aromatic N) is 2. The van der Waals surface area contributed by atoms with Gasteiger partial charge in [-0.1, -0.05) is 29.8 Å². The van der Waals surface area contributed by atoms with Gasteiger partial charge in [-0.25, -0.2) is 0 Å². The molecule has 0 saturated heterocycles. The second-order valence-corrected chi connectivity index (χ2v) is 5.56. The van der Waals surface area contributed by atoms with Crippen LogP contribution in [0.15, 0.2) is 48.4 Å². The molecule has 0 spiro atoms. The molecule has 1 aromatic carbocycles. The van der Waals surface area contributed by atoms with E-state index in [0.717, 1.165) is 16.0 Å². The van der Waals surface area contributed by atoms with Crippen molar-refractivity contribution < 1.29 is 14.7 Å². The highest BCUT2D eigenvalue weighted by atomic mass is 16.3. The Morgan fingerprint density at radius 1 is 1.09 bits per heavy atom. The van der Waals surface area contributed by atoms with Crippen LogP contribution in [0, 0.1) is 13.8 Å². The first-order valence-corrected chi connectivity index (χ1v) is 7.26. The number of carbonyl (C=O) groups excluding carboxylic acids is 2. The molecule has 0 bridgehead atoms. The standard InChI is InChI=1S/C18H16N2O3/c1-11-6-7-14(12(2)9-11)15-16(21)18(23)20(17(15)22)10-13-5-3-4-8-19-13/h3-9,21H,10H2,1-2H3. The smallest absolute Gasteiger partial charge is 0.296 e. The number of hydrogen-bond donors (Lipinski definition) is 1. The Kier molecular flexibility index (Phi) is 3.70. The molecule has 116 valence electrons. The van der Waals surface area contributed by atoms with E-state index in [1.54, 1.807) is 30.5 Å². The molecule has 0 aliphatic carbocycles. The lowest BCUT2D eigenvalue weighted by molar-refractivity contribution is -0.138. The Balaban J connectivity index is 1.96. The number of imide groups is 1. The van der Waals surface area contributed by atoms with Crippen LogP contribution in [0.5, 0.6) is 0 Å². The molecule has 0 fully saturated rings. The molecule has 23 heavy (non-hydrogen) atoms. The van der Waals surface area contributed by atoms with Crippen LogP contribution >= 0.6 is 0 Å². The predicted octanol–water partition coefficient (Wildman–Crippen LogP) is 2.54. The SMILES string of the molecule is Cc1ccc(C2=C(O)C(=O)N(Cc3ccccn3)C2=O)c(C)c1. The minimum absolute atomic E-state index is 0.0387. The maximum Gasteiger partial charge on any atom is 0.296 e. The van der Waals surface area contributed by atoms with E-state index in [1.807, 2.05) is 26.0 Å². The highest BCUT2D eigenvalue weighted by Crippen LogP contribution is 2.31.